The summed E-state index contributed by atoms with van der Waals surface area (Å²) in [5.74, 6) is 1.32. The Morgan fingerprint density at radius 3 is 2.81 bits per heavy atom. The van der Waals surface area contributed by atoms with E-state index in [4.69, 9.17) is 9.47 Å². The molecule has 0 aromatic heterocycles. The highest BCUT2D eigenvalue weighted by Gasteiger charge is 2.33. The molecule has 2 aliphatic rings. The van der Waals surface area contributed by atoms with Crippen LogP contribution in [0, 0.1) is 5.92 Å². The van der Waals surface area contributed by atoms with Gasteiger partial charge in [0.1, 0.15) is 12.4 Å². The average Bonchev–Trinajstić information content (AvgIpc) is 2.56. The van der Waals surface area contributed by atoms with Crippen LogP contribution < -0.4 is 15.0 Å². The van der Waals surface area contributed by atoms with E-state index in [1.807, 2.05) is 29.2 Å². The van der Waals surface area contributed by atoms with Gasteiger partial charge in [-0.3, -0.25) is 4.79 Å². The van der Waals surface area contributed by atoms with E-state index >= 15 is 0 Å². The maximum Gasteiger partial charge on any atom is 0.253 e. The Balaban J connectivity index is 1.71. The molecule has 0 spiro atoms. The number of benzene rings is 1. The van der Waals surface area contributed by atoms with Crippen LogP contribution in [-0.2, 0) is 9.53 Å². The maximum absolute atomic E-state index is 12.1. The topological polar surface area (TPSA) is 50.8 Å². The Morgan fingerprint density at radius 2 is 2.14 bits per heavy atom. The molecule has 3 rings (SSSR count). The number of methoxy groups -OCH3 is 1. The zero-order valence-electron chi connectivity index (χ0n) is 12.4. The molecule has 2 unspecified atom stereocenters. The summed E-state index contributed by atoms with van der Waals surface area (Å²) in [6, 6.07) is 7.63. The number of hydrogen-bond acceptors (Lipinski definition) is 4. The number of ether oxygens (including phenoxy) is 2. The van der Waals surface area contributed by atoms with E-state index < -0.39 is 0 Å². The molecule has 0 aliphatic carbocycles. The minimum atomic E-state index is 0.0279. The molecule has 5 heteroatoms. The number of nitrogens with one attached hydrogen (secondary N) is 1. The van der Waals surface area contributed by atoms with Crippen molar-refractivity contribution in [2.45, 2.75) is 18.9 Å². The lowest BCUT2D eigenvalue weighted by molar-refractivity contribution is -0.131. The fraction of sp³-hybridized carbons (Fsp3) is 0.562. The highest BCUT2D eigenvalue weighted by molar-refractivity contribution is 5.95. The third kappa shape index (κ3) is 3.19. The van der Waals surface area contributed by atoms with E-state index in [2.05, 4.69) is 5.32 Å². The second-order valence-corrected chi connectivity index (χ2v) is 5.66. The van der Waals surface area contributed by atoms with Crippen LogP contribution >= 0.6 is 0 Å². The number of hydrogen-bond donors (Lipinski definition) is 1. The van der Waals surface area contributed by atoms with Crippen LogP contribution in [0.5, 0.6) is 5.75 Å². The highest BCUT2D eigenvalue weighted by atomic mass is 16.5. The summed E-state index contributed by atoms with van der Waals surface area (Å²) in [6.45, 7) is 2.88. The van der Waals surface area contributed by atoms with Gasteiger partial charge < -0.3 is 19.7 Å². The average molecular weight is 290 g/mol. The highest BCUT2D eigenvalue weighted by Crippen LogP contribution is 2.26. The van der Waals surface area contributed by atoms with Gasteiger partial charge in [-0.15, -0.1) is 0 Å². The van der Waals surface area contributed by atoms with Crippen molar-refractivity contribution in [1.29, 1.82) is 0 Å². The van der Waals surface area contributed by atoms with Crippen molar-refractivity contribution >= 4 is 11.6 Å². The van der Waals surface area contributed by atoms with Crippen LogP contribution in [0.3, 0.4) is 0 Å². The molecular formula is C16H22N2O3. The van der Waals surface area contributed by atoms with E-state index in [-0.39, 0.29) is 18.6 Å². The van der Waals surface area contributed by atoms with Crippen LogP contribution in [0.4, 0.5) is 5.69 Å². The molecule has 1 amide bonds. The van der Waals surface area contributed by atoms with Crippen LogP contribution in [0.15, 0.2) is 24.3 Å². The van der Waals surface area contributed by atoms with Crippen molar-refractivity contribution in [3.05, 3.63) is 24.3 Å². The van der Waals surface area contributed by atoms with Crippen molar-refractivity contribution < 1.29 is 14.3 Å². The fourth-order valence-corrected chi connectivity index (χ4v) is 3.08. The van der Waals surface area contributed by atoms with Gasteiger partial charge in [0.05, 0.1) is 19.8 Å². The second-order valence-electron chi connectivity index (χ2n) is 5.66. The van der Waals surface area contributed by atoms with Gasteiger partial charge in [0.15, 0.2) is 0 Å². The molecule has 2 fully saturated rings. The number of morpholine rings is 1. The van der Waals surface area contributed by atoms with Gasteiger partial charge in [-0.05, 0) is 49.6 Å². The number of piperidine rings is 1. The monoisotopic (exact) mass is 290 g/mol. The summed E-state index contributed by atoms with van der Waals surface area (Å²) in [5.41, 5.74) is 0.915. The molecule has 114 valence electrons. The maximum atomic E-state index is 12.1. The van der Waals surface area contributed by atoms with Gasteiger partial charge in [0.25, 0.3) is 5.91 Å². The van der Waals surface area contributed by atoms with Crippen molar-refractivity contribution in [3.8, 4) is 5.75 Å². The molecule has 5 nitrogen and oxygen atoms in total. The van der Waals surface area contributed by atoms with Gasteiger partial charge in [-0.1, -0.05) is 0 Å². The second kappa shape index (κ2) is 6.45. The zero-order valence-corrected chi connectivity index (χ0v) is 12.4. The first-order chi connectivity index (χ1) is 10.3. The molecule has 2 heterocycles. The van der Waals surface area contributed by atoms with Crippen LogP contribution in [0.2, 0.25) is 0 Å². The smallest absolute Gasteiger partial charge is 0.253 e. The van der Waals surface area contributed by atoms with Crippen molar-refractivity contribution in [2.24, 2.45) is 5.92 Å². The Hall–Kier alpha value is -1.59. The molecule has 2 saturated heterocycles. The number of carbonyl (C=O) groups excluding carboxylic acids is 1. The SMILES string of the molecule is COc1ccc(N2CC(C3CCCNC3)OCC2=O)cc1. The van der Waals surface area contributed by atoms with Gasteiger partial charge >= 0.3 is 0 Å². The Labute approximate surface area is 125 Å². The number of rotatable bonds is 3. The minimum absolute atomic E-state index is 0.0279. The largest absolute Gasteiger partial charge is 0.497 e. The van der Waals surface area contributed by atoms with E-state index in [1.54, 1.807) is 7.11 Å². The number of amides is 1. The number of carbonyl (C=O) groups is 1. The predicted molar refractivity (Wildman–Crippen MR) is 80.7 cm³/mol. The molecule has 2 aliphatic heterocycles. The molecule has 1 N–H and O–H groups in total. The molecule has 0 bridgehead atoms. The molecule has 2 atom stereocenters. The zero-order chi connectivity index (χ0) is 14.7. The van der Waals surface area contributed by atoms with E-state index in [0.717, 1.165) is 24.5 Å². The minimum Gasteiger partial charge on any atom is -0.497 e. The first-order valence-corrected chi connectivity index (χ1v) is 7.54. The molecule has 0 radical (unpaired) electrons. The Kier molecular flexibility index (Phi) is 4.41. The summed E-state index contributed by atoms with van der Waals surface area (Å²) < 4.78 is 10.9. The van der Waals surface area contributed by atoms with Crippen molar-refractivity contribution in [1.82, 2.24) is 5.32 Å². The first-order valence-electron chi connectivity index (χ1n) is 7.54. The molecule has 1 aromatic rings. The van der Waals surface area contributed by atoms with Gasteiger partial charge in [0, 0.05) is 12.2 Å². The van der Waals surface area contributed by atoms with Crippen LogP contribution in [-0.4, -0.2) is 45.4 Å². The summed E-state index contributed by atoms with van der Waals surface area (Å²) in [5, 5.41) is 3.41. The summed E-state index contributed by atoms with van der Waals surface area (Å²) in [7, 11) is 1.64. The molecular weight excluding hydrogens is 268 g/mol. The molecule has 1 aromatic carbocycles. The van der Waals surface area contributed by atoms with Gasteiger partial charge in [-0.25, -0.2) is 0 Å². The third-order valence-electron chi connectivity index (χ3n) is 4.33. The van der Waals surface area contributed by atoms with Gasteiger partial charge in [0.2, 0.25) is 0 Å². The third-order valence-corrected chi connectivity index (χ3v) is 4.33. The lowest BCUT2D eigenvalue weighted by Crippen LogP contribution is -2.52. The summed E-state index contributed by atoms with van der Waals surface area (Å²) in [4.78, 5) is 14.0. The molecule has 0 saturated carbocycles. The lowest BCUT2D eigenvalue weighted by Gasteiger charge is -2.38. The quantitative estimate of drug-likeness (QED) is 0.915. The first kappa shape index (κ1) is 14.4. The van der Waals surface area contributed by atoms with E-state index in [0.29, 0.717) is 12.5 Å². The fourth-order valence-electron chi connectivity index (χ4n) is 3.08. The normalized spacial score (nSPS) is 26.7. The number of anilines is 1. The van der Waals surface area contributed by atoms with Crippen molar-refractivity contribution in [3.63, 3.8) is 0 Å². The van der Waals surface area contributed by atoms with E-state index in [1.165, 1.54) is 12.8 Å². The standard InChI is InChI=1S/C16H22N2O3/c1-20-14-6-4-13(5-7-14)18-10-15(21-11-16(18)19)12-3-2-8-17-9-12/h4-7,12,15,17H,2-3,8-11H2,1H3. The summed E-state index contributed by atoms with van der Waals surface area (Å²) >= 11 is 0. The van der Waals surface area contributed by atoms with Gasteiger partial charge in [-0.2, -0.15) is 0 Å². The number of nitrogens with zero attached hydrogens (tertiary/aromatic N) is 1. The van der Waals surface area contributed by atoms with Crippen LogP contribution in [0.1, 0.15) is 12.8 Å². The predicted octanol–water partition coefficient (Wildman–Crippen LogP) is 1.43. The van der Waals surface area contributed by atoms with E-state index in [9.17, 15) is 4.79 Å². The lowest BCUT2D eigenvalue weighted by atomic mass is 9.92. The molecule has 21 heavy (non-hydrogen) atoms. The van der Waals surface area contributed by atoms with Crippen LogP contribution in [0.25, 0.3) is 0 Å². The van der Waals surface area contributed by atoms with Crippen molar-refractivity contribution in [2.75, 3.05) is 38.3 Å². The Bertz CT molecular complexity index is 483. The Morgan fingerprint density at radius 1 is 1.33 bits per heavy atom. The summed E-state index contributed by atoms with van der Waals surface area (Å²) in [6.07, 6.45) is 2.47.